The number of hydrogen-bond acceptors (Lipinski definition) is 2. The van der Waals surface area contributed by atoms with E-state index in [0.717, 1.165) is 10.6 Å². The number of thioether (sulfide) groups is 1. The molecule has 1 aliphatic heterocycles. The molecular weight excluding hydrogens is 173 g/mol. The number of halogens is 1. The van der Waals surface area contributed by atoms with Crippen molar-refractivity contribution >= 4 is 11.8 Å². The highest BCUT2D eigenvalue weighted by molar-refractivity contribution is 7.99. The molecule has 0 aromatic heterocycles. The molecule has 0 amide bonds. The van der Waals surface area contributed by atoms with Crippen LogP contribution in [-0.2, 0) is 0 Å². The van der Waals surface area contributed by atoms with E-state index in [1.807, 2.05) is 13.1 Å². The van der Waals surface area contributed by atoms with Crippen LogP contribution in [0.5, 0.6) is 0 Å². The molecule has 1 aromatic rings. The Kier molecular flexibility index (Phi) is 2.07. The summed E-state index contributed by atoms with van der Waals surface area (Å²) in [4.78, 5) is 1.08. The first-order valence-corrected chi connectivity index (χ1v) is 4.89. The van der Waals surface area contributed by atoms with E-state index in [4.69, 9.17) is 0 Å². The van der Waals surface area contributed by atoms with Crippen molar-refractivity contribution in [2.75, 3.05) is 12.8 Å². The van der Waals surface area contributed by atoms with E-state index in [2.05, 4.69) is 5.32 Å². The number of benzene rings is 1. The lowest BCUT2D eigenvalue weighted by Gasteiger charge is -2.07. The second-order valence-electron chi connectivity index (χ2n) is 2.83. The summed E-state index contributed by atoms with van der Waals surface area (Å²) in [6, 6.07) is 5.39. The Morgan fingerprint density at radius 2 is 2.42 bits per heavy atom. The zero-order chi connectivity index (χ0) is 8.55. The van der Waals surface area contributed by atoms with Crippen LogP contribution in [0.4, 0.5) is 4.39 Å². The predicted octanol–water partition coefficient (Wildman–Crippen LogP) is 2.19. The average Bonchev–Trinajstić information content (AvgIpc) is 2.46. The van der Waals surface area contributed by atoms with Crippen LogP contribution in [0.15, 0.2) is 23.1 Å². The maximum Gasteiger partial charge on any atom is 0.124 e. The lowest BCUT2D eigenvalue weighted by molar-refractivity contribution is 0.616. The number of hydrogen-bond donors (Lipinski definition) is 1. The Balaban J connectivity index is 2.40. The summed E-state index contributed by atoms with van der Waals surface area (Å²) in [6.07, 6.45) is 0. The van der Waals surface area contributed by atoms with Crippen molar-refractivity contribution in [1.29, 1.82) is 0 Å². The number of rotatable bonds is 1. The lowest BCUT2D eigenvalue weighted by atomic mass is 10.1. The van der Waals surface area contributed by atoms with Gasteiger partial charge in [-0.15, -0.1) is 11.8 Å². The fraction of sp³-hybridized carbons (Fsp3) is 0.333. The van der Waals surface area contributed by atoms with Crippen LogP contribution in [0, 0.1) is 5.82 Å². The van der Waals surface area contributed by atoms with Crippen molar-refractivity contribution in [2.24, 2.45) is 0 Å². The highest BCUT2D eigenvalue weighted by Gasteiger charge is 2.21. The van der Waals surface area contributed by atoms with Gasteiger partial charge in [-0.3, -0.25) is 0 Å². The number of nitrogens with one attached hydrogen (secondary N) is 1. The molecule has 0 fully saturated rings. The molecule has 1 aromatic carbocycles. The maximum atomic E-state index is 12.8. The standard InChI is InChI=1S/C9H10FNS/c1-11-8-5-12-9-4-6(10)2-3-7(8)9/h2-4,8,11H,5H2,1H3. The third kappa shape index (κ3) is 1.23. The van der Waals surface area contributed by atoms with E-state index in [1.165, 1.54) is 11.6 Å². The molecular formula is C9H10FNS. The molecule has 0 saturated heterocycles. The molecule has 1 unspecified atom stereocenters. The van der Waals surface area contributed by atoms with Gasteiger partial charge < -0.3 is 5.32 Å². The Hall–Kier alpha value is -0.540. The zero-order valence-electron chi connectivity index (χ0n) is 6.80. The third-order valence-corrected chi connectivity index (χ3v) is 3.27. The fourth-order valence-corrected chi connectivity index (χ4v) is 2.69. The largest absolute Gasteiger partial charge is 0.312 e. The minimum absolute atomic E-state index is 0.141. The van der Waals surface area contributed by atoms with E-state index < -0.39 is 0 Å². The molecule has 1 heterocycles. The molecule has 2 rings (SSSR count). The van der Waals surface area contributed by atoms with Gasteiger partial charge in [0.1, 0.15) is 5.82 Å². The summed E-state index contributed by atoms with van der Waals surface area (Å²) in [5, 5.41) is 3.20. The summed E-state index contributed by atoms with van der Waals surface area (Å²) in [7, 11) is 1.93. The zero-order valence-corrected chi connectivity index (χ0v) is 7.62. The van der Waals surface area contributed by atoms with Crippen LogP contribution in [0.3, 0.4) is 0 Å². The third-order valence-electron chi connectivity index (χ3n) is 2.10. The minimum Gasteiger partial charge on any atom is -0.312 e. The lowest BCUT2D eigenvalue weighted by Crippen LogP contribution is -2.15. The molecule has 3 heteroatoms. The van der Waals surface area contributed by atoms with Gasteiger partial charge >= 0.3 is 0 Å². The van der Waals surface area contributed by atoms with Gasteiger partial charge in [0, 0.05) is 16.7 Å². The first-order valence-electron chi connectivity index (χ1n) is 3.91. The highest BCUT2D eigenvalue weighted by Crippen LogP contribution is 2.37. The molecule has 0 bridgehead atoms. The first-order chi connectivity index (χ1) is 5.81. The van der Waals surface area contributed by atoms with Crippen LogP contribution in [0.1, 0.15) is 11.6 Å². The van der Waals surface area contributed by atoms with Gasteiger partial charge in [0.15, 0.2) is 0 Å². The summed E-state index contributed by atoms with van der Waals surface area (Å²) >= 11 is 1.71. The first kappa shape index (κ1) is 8.08. The van der Waals surface area contributed by atoms with Gasteiger partial charge in [-0.25, -0.2) is 4.39 Å². The topological polar surface area (TPSA) is 12.0 Å². The van der Waals surface area contributed by atoms with Crippen molar-refractivity contribution in [2.45, 2.75) is 10.9 Å². The Morgan fingerprint density at radius 3 is 3.17 bits per heavy atom. The van der Waals surface area contributed by atoms with Crippen molar-refractivity contribution in [3.05, 3.63) is 29.6 Å². The molecule has 1 N–H and O–H groups in total. The molecule has 0 spiro atoms. The van der Waals surface area contributed by atoms with E-state index in [-0.39, 0.29) is 5.82 Å². The van der Waals surface area contributed by atoms with Crippen LogP contribution in [0.25, 0.3) is 0 Å². The smallest absolute Gasteiger partial charge is 0.124 e. The summed E-state index contributed by atoms with van der Waals surface area (Å²) in [6.45, 7) is 0. The molecule has 0 radical (unpaired) electrons. The predicted molar refractivity (Wildman–Crippen MR) is 48.9 cm³/mol. The van der Waals surface area contributed by atoms with E-state index >= 15 is 0 Å². The second-order valence-corrected chi connectivity index (χ2v) is 3.90. The molecule has 1 aliphatic rings. The number of fused-ring (bicyclic) bond motifs is 1. The van der Waals surface area contributed by atoms with Crippen LogP contribution < -0.4 is 5.32 Å². The highest BCUT2D eigenvalue weighted by atomic mass is 32.2. The Labute approximate surface area is 75.4 Å². The van der Waals surface area contributed by atoms with Gasteiger partial charge in [-0.2, -0.15) is 0 Å². The quantitative estimate of drug-likeness (QED) is 0.716. The average molecular weight is 183 g/mol. The molecule has 12 heavy (non-hydrogen) atoms. The van der Waals surface area contributed by atoms with E-state index in [1.54, 1.807) is 17.8 Å². The second kappa shape index (κ2) is 3.07. The maximum absolute atomic E-state index is 12.8. The molecule has 1 atom stereocenters. The van der Waals surface area contributed by atoms with E-state index in [0.29, 0.717) is 6.04 Å². The minimum atomic E-state index is -0.141. The van der Waals surface area contributed by atoms with Gasteiger partial charge in [0.25, 0.3) is 0 Å². The van der Waals surface area contributed by atoms with Crippen molar-refractivity contribution in [3.63, 3.8) is 0 Å². The Morgan fingerprint density at radius 1 is 1.58 bits per heavy atom. The van der Waals surface area contributed by atoms with Gasteiger partial charge in [-0.1, -0.05) is 6.07 Å². The van der Waals surface area contributed by atoms with Gasteiger partial charge in [0.2, 0.25) is 0 Å². The van der Waals surface area contributed by atoms with Crippen LogP contribution >= 0.6 is 11.8 Å². The van der Waals surface area contributed by atoms with Crippen LogP contribution in [-0.4, -0.2) is 12.8 Å². The van der Waals surface area contributed by atoms with Crippen molar-refractivity contribution in [1.82, 2.24) is 5.32 Å². The summed E-state index contributed by atoms with van der Waals surface area (Å²) < 4.78 is 12.8. The van der Waals surface area contributed by atoms with E-state index in [9.17, 15) is 4.39 Å². The normalized spacial score (nSPS) is 21.0. The summed E-state index contributed by atoms with van der Waals surface area (Å²) in [5.41, 5.74) is 1.23. The molecule has 1 nitrogen and oxygen atoms in total. The SMILES string of the molecule is CNC1CSc2cc(F)ccc21. The van der Waals surface area contributed by atoms with Crippen molar-refractivity contribution < 1.29 is 4.39 Å². The monoisotopic (exact) mass is 183 g/mol. The summed E-state index contributed by atoms with van der Waals surface area (Å²) in [5.74, 6) is 0.868. The Bertz CT molecular complexity index is 301. The molecule has 64 valence electrons. The fourth-order valence-electron chi connectivity index (χ4n) is 1.42. The van der Waals surface area contributed by atoms with Gasteiger partial charge in [0.05, 0.1) is 0 Å². The van der Waals surface area contributed by atoms with Crippen molar-refractivity contribution in [3.8, 4) is 0 Å². The molecule has 0 saturated carbocycles. The molecule has 0 aliphatic carbocycles. The van der Waals surface area contributed by atoms with Crippen LogP contribution in [0.2, 0.25) is 0 Å². The van der Waals surface area contributed by atoms with Gasteiger partial charge in [-0.05, 0) is 24.7 Å².